The lowest BCUT2D eigenvalue weighted by Gasteiger charge is -2.09. The molecule has 106 valence electrons. The van der Waals surface area contributed by atoms with Gasteiger partial charge in [-0.15, -0.1) is 0 Å². The van der Waals surface area contributed by atoms with Crippen LogP contribution in [0.15, 0.2) is 36.5 Å². The molecule has 2 aromatic rings. The van der Waals surface area contributed by atoms with Gasteiger partial charge in [0.2, 0.25) is 5.91 Å². The zero-order valence-electron chi connectivity index (χ0n) is 10.7. The number of aromatic nitrogens is 1. The molecule has 0 fully saturated rings. The minimum absolute atomic E-state index is 0.0216. The van der Waals surface area contributed by atoms with Crippen molar-refractivity contribution in [2.45, 2.75) is 6.54 Å². The van der Waals surface area contributed by atoms with E-state index in [4.69, 9.17) is 22.0 Å². The van der Waals surface area contributed by atoms with Crippen molar-refractivity contribution in [3.63, 3.8) is 0 Å². The standard InChI is InChI=1S/C14H10ClN3O3/c15-11-4-3-9(14(20)21)6-12(11)17-13(19)8-18-5-1-2-10(18)7-16/h1-6H,8H2,(H,17,19)(H,20,21). The molecule has 2 rings (SSSR count). The number of anilines is 1. The van der Waals surface area contributed by atoms with Crippen molar-refractivity contribution < 1.29 is 14.7 Å². The van der Waals surface area contributed by atoms with Crippen LogP contribution in [-0.4, -0.2) is 21.6 Å². The summed E-state index contributed by atoms with van der Waals surface area (Å²) in [5, 5.41) is 20.5. The number of carbonyl (C=O) groups excluding carboxylic acids is 1. The molecule has 1 heterocycles. The number of nitrogens with zero attached hydrogens (tertiary/aromatic N) is 2. The smallest absolute Gasteiger partial charge is 0.335 e. The highest BCUT2D eigenvalue weighted by Gasteiger charge is 2.11. The second-order valence-electron chi connectivity index (χ2n) is 4.18. The maximum absolute atomic E-state index is 11.9. The Bertz CT molecular complexity index is 746. The molecule has 21 heavy (non-hydrogen) atoms. The van der Waals surface area contributed by atoms with E-state index in [2.05, 4.69) is 5.32 Å². The van der Waals surface area contributed by atoms with Crippen molar-refractivity contribution in [3.8, 4) is 6.07 Å². The van der Waals surface area contributed by atoms with Crippen LogP contribution in [0.3, 0.4) is 0 Å². The van der Waals surface area contributed by atoms with Gasteiger partial charge in [0, 0.05) is 6.20 Å². The molecule has 0 radical (unpaired) electrons. The first-order chi connectivity index (χ1) is 10.0. The van der Waals surface area contributed by atoms with Gasteiger partial charge in [-0.2, -0.15) is 5.26 Å². The molecule has 0 aliphatic rings. The molecule has 0 saturated carbocycles. The van der Waals surface area contributed by atoms with Gasteiger partial charge in [-0.3, -0.25) is 4.79 Å². The molecular formula is C14H10ClN3O3. The minimum atomic E-state index is -1.11. The van der Waals surface area contributed by atoms with Crippen molar-refractivity contribution in [1.82, 2.24) is 4.57 Å². The Morgan fingerprint density at radius 1 is 1.38 bits per heavy atom. The highest BCUT2D eigenvalue weighted by Crippen LogP contribution is 2.23. The summed E-state index contributed by atoms with van der Waals surface area (Å²) in [6.07, 6.45) is 1.60. The fourth-order valence-electron chi connectivity index (χ4n) is 1.75. The van der Waals surface area contributed by atoms with Crippen LogP contribution in [0.2, 0.25) is 5.02 Å². The highest BCUT2D eigenvalue weighted by molar-refractivity contribution is 6.33. The lowest BCUT2D eigenvalue weighted by Crippen LogP contribution is -2.19. The Kier molecular flexibility index (Phi) is 4.26. The van der Waals surface area contributed by atoms with Crippen molar-refractivity contribution in [3.05, 3.63) is 52.8 Å². The summed E-state index contributed by atoms with van der Waals surface area (Å²) in [6, 6.07) is 9.23. The van der Waals surface area contributed by atoms with Gasteiger partial charge in [-0.25, -0.2) is 4.79 Å². The molecular weight excluding hydrogens is 294 g/mol. The second kappa shape index (κ2) is 6.11. The molecule has 0 aliphatic heterocycles. The largest absolute Gasteiger partial charge is 0.478 e. The fraction of sp³-hybridized carbons (Fsp3) is 0.0714. The van der Waals surface area contributed by atoms with E-state index < -0.39 is 11.9 Å². The maximum atomic E-state index is 11.9. The van der Waals surface area contributed by atoms with Gasteiger partial charge in [0.25, 0.3) is 0 Å². The third kappa shape index (κ3) is 3.41. The quantitative estimate of drug-likeness (QED) is 0.906. The molecule has 6 nitrogen and oxygen atoms in total. The molecule has 2 N–H and O–H groups in total. The van der Waals surface area contributed by atoms with E-state index in [1.165, 1.54) is 22.8 Å². The van der Waals surface area contributed by atoms with E-state index in [1.54, 1.807) is 18.3 Å². The number of rotatable bonds is 4. The van der Waals surface area contributed by atoms with E-state index in [1.807, 2.05) is 6.07 Å². The predicted molar refractivity (Wildman–Crippen MR) is 76.2 cm³/mol. The van der Waals surface area contributed by atoms with E-state index in [0.29, 0.717) is 5.69 Å². The van der Waals surface area contributed by atoms with Crippen LogP contribution < -0.4 is 5.32 Å². The van der Waals surface area contributed by atoms with Crippen LogP contribution in [0.4, 0.5) is 5.69 Å². The highest BCUT2D eigenvalue weighted by atomic mass is 35.5. The SMILES string of the molecule is N#Cc1cccn1CC(=O)Nc1cc(C(=O)O)ccc1Cl. The van der Waals surface area contributed by atoms with Crippen LogP contribution >= 0.6 is 11.6 Å². The minimum Gasteiger partial charge on any atom is -0.478 e. The number of hydrogen-bond acceptors (Lipinski definition) is 3. The van der Waals surface area contributed by atoms with E-state index in [-0.39, 0.29) is 22.8 Å². The summed E-state index contributed by atoms with van der Waals surface area (Å²) in [6.45, 7) is -0.0660. The molecule has 0 spiro atoms. The molecule has 0 unspecified atom stereocenters. The summed E-state index contributed by atoms with van der Waals surface area (Å²) in [7, 11) is 0. The molecule has 0 saturated heterocycles. The van der Waals surface area contributed by atoms with E-state index in [0.717, 1.165) is 0 Å². The Hall–Kier alpha value is -2.78. The normalized spacial score (nSPS) is 9.90. The van der Waals surface area contributed by atoms with Gasteiger partial charge >= 0.3 is 5.97 Å². The van der Waals surface area contributed by atoms with Crippen LogP contribution in [0.1, 0.15) is 16.1 Å². The Morgan fingerprint density at radius 3 is 2.81 bits per heavy atom. The molecule has 1 amide bonds. The van der Waals surface area contributed by atoms with E-state index in [9.17, 15) is 9.59 Å². The van der Waals surface area contributed by atoms with E-state index >= 15 is 0 Å². The summed E-state index contributed by atoms with van der Waals surface area (Å²) in [5.41, 5.74) is 0.594. The van der Waals surface area contributed by atoms with Crippen molar-refractivity contribution in [2.75, 3.05) is 5.32 Å². The lowest BCUT2D eigenvalue weighted by molar-refractivity contribution is -0.116. The number of hydrogen-bond donors (Lipinski definition) is 2. The van der Waals surface area contributed by atoms with Crippen LogP contribution in [0, 0.1) is 11.3 Å². The first-order valence-electron chi connectivity index (χ1n) is 5.89. The monoisotopic (exact) mass is 303 g/mol. The van der Waals surface area contributed by atoms with Crippen molar-refractivity contribution in [2.24, 2.45) is 0 Å². The zero-order chi connectivity index (χ0) is 15.4. The first-order valence-corrected chi connectivity index (χ1v) is 6.27. The van der Waals surface area contributed by atoms with Gasteiger partial charge in [0.05, 0.1) is 16.3 Å². The van der Waals surface area contributed by atoms with Gasteiger partial charge in [0.1, 0.15) is 18.3 Å². The summed E-state index contributed by atoms with van der Waals surface area (Å²) >= 11 is 5.92. The van der Waals surface area contributed by atoms with Crippen LogP contribution in [0.5, 0.6) is 0 Å². The van der Waals surface area contributed by atoms with Gasteiger partial charge in [0.15, 0.2) is 0 Å². The number of carboxylic acids is 1. The maximum Gasteiger partial charge on any atom is 0.335 e. The number of benzene rings is 1. The van der Waals surface area contributed by atoms with Crippen molar-refractivity contribution >= 4 is 29.2 Å². The average molecular weight is 304 g/mol. The third-order valence-corrected chi connectivity index (χ3v) is 3.08. The van der Waals surface area contributed by atoms with Crippen LogP contribution in [-0.2, 0) is 11.3 Å². The van der Waals surface area contributed by atoms with Gasteiger partial charge < -0.3 is 15.0 Å². The summed E-state index contributed by atoms with van der Waals surface area (Å²) in [5.74, 6) is -1.52. The molecule has 1 aromatic carbocycles. The molecule has 0 bridgehead atoms. The van der Waals surface area contributed by atoms with Gasteiger partial charge in [-0.1, -0.05) is 11.6 Å². The summed E-state index contributed by atoms with van der Waals surface area (Å²) in [4.78, 5) is 22.8. The number of carboxylic acid groups (broad SMARTS) is 1. The molecule has 0 aliphatic carbocycles. The number of aromatic carboxylic acids is 1. The number of nitrogens with one attached hydrogen (secondary N) is 1. The molecule has 0 atom stereocenters. The molecule has 7 heteroatoms. The number of carbonyl (C=O) groups is 2. The third-order valence-electron chi connectivity index (χ3n) is 2.75. The Labute approximate surface area is 125 Å². The Morgan fingerprint density at radius 2 is 2.14 bits per heavy atom. The van der Waals surface area contributed by atoms with Crippen molar-refractivity contribution in [1.29, 1.82) is 5.26 Å². The number of amides is 1. The number of nitriles is 1. The average Bonchev–Trinajstić information content (AvgIpc) is 2.88. The fourth-order valence-corrected chi connectivity index (χ4v) is 1.92. The molecule has 1 aromatic heterocycles. The summed E-state index contributed by atoms with van der Waals surface area (Å²) < 4.78 is 1.48. The lowest BCUT2D eigenvalue weighted by atomic mass is 10.2. The second-order valence-corrected chi connectivity index (χ2v) is 4.59. The van der Waals surface area contributed by atoms with Gasteiger partial charge in [-0.05, 0) is 30.3 Å². The predicted octanol–water partition coefficient (Wildman–Crippen LogP) is 2.35. The number of halogens is 1. The Balaban J connectivity index is 2.15. The first kappa shape index (κ1) is 14.6. The zero-order valence-corrected chi connectivity index (χ0v) is 11.5. The van der Waals surface area contributed by atoms with Crippen LogP contribution in [0.25, 0.3) is 0 Å². The topological polar surface area (TPSA) is 95.1 Å².